The second kappa shape index (κ2) is 8.95. The summed E-state index contributed by atoms with van der Waals surface area (Å²) in [5, 5.41) is 19.3. The molecule has 7 nitrogen and oxygen atoms in total. The van der Waals surface area contributed by atoms with E-state index in [1.54, 1.807) is 12.3 Å². The van der Waals surface area contributed by atoms with Crippen molar-refractivity contribution < 1.29 is 9.90 Å². The molecule has 2 aliphatic carbocycles. The molecule has 3 fully saturated rings. The third-order valence-corrected chi connectivity index (χ3v) is 6.95. The highest BCUT2D eigenvalue weighted by molar-refractivity contribution is 5.77. The Bertz CT molecular complexity index is 1120. The molecule has 1 atom stereocenters. The van der Waals surface area contributed by atoms with Crippen molar-refractivity contribution in [1.29, 1.82) is 5.26 Å². The Labute approximate surface area is 194 Å². The molecule has 2 aromatic rings. The molecule has 1 amide bonds. The summed E-state index contributed by atoms with van der Waals surface area (Å²) in [4.78, 5) is 26.1. The Morgan fingerprint density at radius 3 is 2.76 bits per heavy atom. The van der Waals surface area contributed by atoms with Gasteiger partial charge >= 0.3 is 0 Å². The van der Waals surface area contributed by atoms with Crippen molar-refractivity contribution in [2.45, 2.75) is 44.1 Å². The number of aliphatic hydroxyl groups is 1. The van der Waals surface area contributed by atoms with Crippen LogP contribution >= 0.6 is 0 Å². The van der Waals surface area contributed by atoms with Gasteiger partial charge in [-0.25, -0.2) is 4.98 Å². The molecule has 2 saturated carbocycles. The number of aliphatic hydroxyl groups excluding tert-OH is 1. The van der Waals surface area contributed by atoms with Crippen molar-refractivity contribution in [2.75, 3.05) is 31.1 Å². The highest BCUT2D eigenvalue weighted by atomic mass is 16.3. The van der Waals surface area contributed by atoms with Gasteiger partial charge in [0.25, 0.3) is 0 Å². The van der Waals surface area contributed by atoms with Gasteiger partial charge in [-0.15, -0.1) is 0 Å². The Morgan fingerprint density at radius 1 is 1.27 bits per heavy atom. The quantitative estimate of drug-likeness (QED) is 0.705. The van der Waals surface area contributed by atoms with Crippen LogP contribution in [0.1, 0.15) is 55.0 Å². The first-order valence-corrected chi connectivity index (χ1v) is 11.8. The molecule has 33 heavy (non-hydrogen) atoms. The van der Waals surface area contributed by atoms with Gasteiger partial charge in [0.05, 0.1) is 29.6 Å². The smallest absolute Gasteiger partial charge is 0.225 e. The fraction of sp³-hybridized carbons (Fsp3) is 0.462. The number of nitrogens with zero attached hydrogens (tertiary/aromatic N) is 5. The summed E-state index contributed by atoms with van der Waals surface area (Å²) in [7, 11) is 0. The summed E-state index contributed by atoms with van der Waals surface area (Å²) in [5.41, 5.74) is 4.42. The maximum absolute atomic E-state index is 12.6. The minimum atomic E-state index is -0.120. The van der Waals surface area contributed by atoms with E-state index in [-0.39, 0.29) is 25.0 Å². The molecule has 0 radical (unpaired) electrons. The van der Waals surface area contributed by atoms with Crippen molar-refractivity contribution in [1.82, 2.24) is 14.9 Å². The molecule has 0 unspecified atom stereocenters. The summed E-state index contributed by atoms with van der Waals surface area (Å²) >= 11 is 0. The molecule has 1 aliphatic heterocycles. The first kappa shape index (κ1) is 21.6. The first-order valence-electron chi connectivity index (χ1n) is 11.8. The van der Waals surface area contributed by atoms with Gasteiger partial charge in [0.1, 0.15) is 11.9 Å². The Hall–Kier alpha value is -3.24. The Balaban J connectivity index is 1.50. The van der Waals surface area contributed by atoms with E-state index >= 15 is 0 Å². The molecule has 170 valence electrons. The van der Waals surface area contributed by atoms with Gasteiger partial charge in [-0.3, -0.25) is 9.78 Å². The fourth-order valence-corrected chi connectivity index (χ4v) is 4.90. The van der Waals surface area contributed by atoms with Crippen molar-refractivity contribution in [2.24, 2.45) is 5.92 Å². The van der Waals surface area contributed by atoms with Gasteiger partial charge in [0.15, 0.2) is 0 Å². The summed E-state index contributed by atoms with van der Waals surface area (Å²) < 4.78 is 0. The summed E-state index contributed by atoms with van der Waals surface area (Å²) in [6.07, 6.45) is 8.14. The van der Waals surface area contributed by atoms with E-state index in [9.17, 15) is 15.2 Å². The molecule has 0 bridgehead atoms. The van der Waals surface area contributed by atoms with Crippen LogP contribution in [-0.2, 0) is 4.79 Å². The predicted molar refractivity (Wildman–Crippen MR) is 126 cm³/mol. The lowest BCUT2D eigenvalue weighted by Gasteiger charge is -2.42. The number of rotatable bonds is 7. The SMILES string of the molecule is C=Cc1cc(-c2cc(C#N)c(N3CCN(C(=O)CCO)[C@H](C4CC4)C3)nc2C2CC2)ccn1. The van der Waals surface area contributed by atoms with Crippen LogP contribution in [0.5, 0.6) is 0 Å². The number of nitriles is 1. The molecule has 3 aliphatic rings. The van der Waals surface area contributed by atoms with Crippen LogP contribution < -0.4 is 4.90 Å². The van der Waals surface area contributed by atoms with Crippen LogP contribution in [-0.4, -0.2) is 58.2 Å². The van der Waals surface area contributed by atoms with Crippen molar-refractivity contribution in [3.8, 4) is 17.2 Å². The normalized spacial score (nSPS) is 20.4. The number of amides is 1. The summed E-state index contributed by atoms with van der Waals surface area (Å²) in [6, 6.07) is 8.43. The van der Waals surface area contributed by atoms with Crippen LogP contribution in [0.25, 0.3) is 17.2 Å². The molecular weight excluding hydrogens is 414 g/mol. The zero-order valence-electron chi connectivity index (χ0n) is 18.8. The molecule has 3 heterocycles. The van der Waals surface area contributed by atoms with Crippen LogP contribution in [0.3, 0.4) is 0 Å². The second-order valence-electron chi connectivity index (χ2n) is 9.26. The maximum Gasteiger partial charge on any atom is 0.225 e. The zero-order chi connectivity index (χ0) is 22.9. The number of piperazine rings is 1. The Morgan fingerprint density at radius 2 is 2.09 bits per heavy atom. The van der Waals surface area contributed by atoms with Gasteiger partial charge in [-0.1, -0.05) is 6.58 Å². The first-order chi connectivity index (χ1) is 16.1. The molecule has 1 N–H and O–H groups in total. The highest BCUT2D eigenvalue weighted by Gasteiger charge is 2.41. The average Bonchev–Trinajstić information content (AvgIpc) is 3.76. The third kappa shape index (κ3) is 4.36. The maximum atomic E-state index is 12.6. The standard InChI is InChI=1S/C26H29N5O2/c1-2-21-13-19(7-9-28-21)22-14-20(15-27)26(29-25(22)18-5-6-18)30-10-11-31(24(33)8-12-32)23(16-30)17-3-4-17/h2,7,9,13-14,17-18,23,32H,1,3-6,8,10-12,16H2/t23-/m0/s1. The second-order valence-corrected chi connectivity index (χ2v) is 9.26. The molecular formula is C26H29N5O2. The van der Waals surface area contributed by atoms with E-state index in [1.165, 1.54) is 0 Å². The third-order valence-electron chi connectivity index (χ3n) is 6.95. The number of pyridine rings is 2. The number of anilines is 1. The van der Waals surface area contributed by atoms with E-state index in [4.69, 9.17) is 4.98 Å². The molecule has 2 aromatic heterocycles. The lowest BCUT2D eigenvalue weighted by atomic mass is 9.98. The van der Waals surface area contributed by atoms with Gasteiger partial charge in [0.2, 0.25) is 5.91 Å². The van der Waals surface area contributed by atoms with E-state index < -0.39 is 0 Å². The van der Waals surface area contributed by atoms with E-state index in [2.05, 4.69) is 22.5 Å². The summed E-state index contributed by atoms with van der Waals surface area (Å²) in [6.45, 7) is 5.62. The number of carbonyl (C=O) groups excluding carboxylic acids is 1. The largest absolute Gasteiger partial charge is 0.396 e. The van der Waals surface area contributed by atoms with Gasteiger partial charge in [-0.2, -0.15) is 5.26 Å². The highest BCUT2D eigenvalue weighted by Crippen LogP contribution is 2.45. The van der Waals surface area contributed by atoms with Gasteiger partial charge < -0.3 is 14.9 Å². The lowest BCUT2D eigenvalue weighted by Crippen LogP contribution is -2.56. The summed E-state index contributed by atoms with van der Waals surface area (Å²) in [5.74, 6) is 1.67. The molecule has 5 rings (SSSR count). The van der Waals surface area contributed by atoms with E-state index in [0.717, 1.165) is 54.0 Å². The van der Waals surface area contributed by atoms with Crippen LogP contribution in [0.2, 0.25) is 0 Å². The predicted octanol–water partition coefficient (Wildman–Crippen LogP) is 3.35. The zero-order valence-corrected chi connectivity index (χ0v) is 18.8. The minimum absolute atomic E-state index is 0.0206. The number of aromatic nitrogens is 2. The van der Waals surface area contributed by atoms with Gasteiger partial charge in [-0.05, 0) is 61.4 Å². The van der Waals surface area contributed by atoms with Crippen molar-refractivity contribution >= 4 is 17.8 Å². The van der Waals surface area contributed by atoms with Crippen molar-refractivity contribution in [3.05, 3.63) is 47.9 Å². The van der Waals surface area contributed by atoms with Crippen LogP contribution in [0, 0.1) is 17.2 Å². The Kier molecular flexibility index (Phi) is 5.86. The average molecular weight is 444 g/mol. The van der Waals surface area contributed by atoms with E-state index in [1.807, 2.05) is 23.1 Å². The number of hydrogen-bond acceptors (Lipinski definition) is 6. The minimum Gasteiger partial charge on any atom is -0.396 e. The number of hydrogen-bond donors (Lipinski definition) is 1. The molecule has 1 saturated heterocycles. The fourth-order valence-electron chi connectivity index (χ4n) is 4.90. The number of carbonyl (C=O) groups is 1. The topological polar surface area (TPSA) is 93.4 Å². The van der Waals surface area contributed by atoms with Crippen molar-refractivity contribution in [3.63, 3.8) is 0 Å². The molecule has 0 aromatic carbocycles. The van der Waals surface area contributed by atoms with Crippen LogP contribution in [0.4, 0.5) is 5.82 Å². The van der Waals surface area contributed by atoms with E-state index in [0.29, 0.717) is 37.0 Å². The van der Waals surface area contributed by atoms with Crippen LogP contribution in [0.15, 0.2) is 31.0 Å². The van der Waals surface area contributed by atoms with Gasteiger partial charge in [0, 0.05) is 43.7 Å². The lowest BCUT2D eigenvalue weighted by molar-refractivity contribution is -0.135. The molecule has 7 heteroatoms. The monoisotopic (exact) mass is 443 g/mol. The molecule has 0 spiro atoms.